The Morgan fingerprint density at radius 3 is 2.81 bits per heavy atom. The fraction of sp³-hybridized carbons (Fsp3) is 0.389. The van der Waals surface area contributed by atoms with Gasteiger partial charge in [0.25, 0.3) is 5.56 Å². The maximum atomic E-state index is 13.2. The van der Waals surface area contributed by atoms with Gasteiger partial charge in [0, 0.05) is 36.5 Å². The summed E-state index contributed by atoms with van der Waals surface area (Å²) in [6.45, 7) is 4.29. The molecule has 1 saturated heterocycles. The number of halogens is 2. The summed E-state index contributed by atoms with van der Waals surface area (Å²) in [5, 5.41) is 2.57. The van der Waals surface area contributed by atoms with Crippen LogP contribution in [0.2, 0.25) is 5.02 Å². The van der Waals surface area contributed by atoms with E-state index in [2.05, 4.69) is 15.3 Å². The number of nitrogens with one attached hydrogen (secondary N) is 2. The molecule has 1 aromatic carbocycles. The van der Waals surface area contributed by atoms with Crippen molar-refractivity contribution in [2.75, 3.05) is 36.5 Å². The Labute approximate surface area is 160 Å². The van der Waals surface area contributed by atoms with E-state index in [1.165, 1.54) is 18.2 Å². The van der Waals surface area contributed by atoms with Gasteiger partial charge in [-0.2, -0.15) is 0 Å². The smallest absolute Gasteiger partial charge is 0.255 e. The number of hydrogen-bond donors (Lipinski definition) is 2. The topological polar surface area (TPSA) is 87.3 Å². The van der Waals surface area contributed by atoms with Gasteiger partial charge in [-0.15, -0.1) is 0 Å². The largest absolute Gasteiger partial charge is 0.378 e. The molecule has 2 aromatic rings. The van der Waals surface area contributed by atoms with Crippen LogP contribution in [0.4, 0.5) is 16.0 Å². The van der Waals surface area contributed by atoms with Crippen LogP contribution in [-0.2, 0) is 16.0 Å². The first-order valence-corrected chi connectivity index (χ1v) is 8.99. The second-order valence-corrected chi connectivity index (χ2v) is 6.64. The zero-order valence-corrected chi connectivity index (χ0v) is 15.6. The summed E-state index contributed by atoms with van der Waals surface area (Å²) >= 11 is 5.70. The number of aromatic amines is 1. The molecule has 144 valence electrons. The molecule has 2 heterocycles. The molecular weight excluding hydrogens is 375 g/mol. The molecule has 0 radical (unpaired) electrons. The monoisotopic (exact) mass is 394 g/mol. The van der Waals surface area contributed by atoms with Crippen molar-refractivity contribution in [3.05, 3.63) is 50.7 Å². The van der Waals surface area contributed by atoms with Gasteiger partial charge < -0.3 is 15.0 Å². The average Bonchev–Trinajstić information content (AvgIpc) is 2.64. The summed E-state index contributed by atoms with van der Waals surface area (Å²) in [5.74, 6) is -0.327. The van der Waals surface area contributed by atoms with Crippen LogP contribution in [0.15, 0.2) is 23.0 Å². The maximum absolute atomic E-state index is 13.2. The molecule has 1 aromatic heterocycles. The number of nitrogens with zero attached hydrogens (tertiary/aromatic N) is 2. The highest BCUT2D eigenvalue weighted by atomic mass is 35.5. The lowest BCUT2D eigenvalue weighted by molar-refractivity contribution is -0.116. The van der Waals surface area contributed by atoms with Gasteiger partial charge in [-0.1, -0.05) is 11.6 Å². The van der Waals surface area contributed by atoms with Crippen molar-refractivity contribution in [1.82, 2.24) is 9.97 Å². The number of amides is 1. The van der Waals surface area contributed by atoms with Gasteiger partial charge in [0.1, 0.15) is 5.82 Å². The Morgan fingerprint density at radius 2 is 2.15 bits per heavy atom. The number of rotatable bonds is 5. The second kappa shape index (κ2) is 8.49. The van der Waals surface area contributed by atoms with Crippen LogP contribution in [0.3, 0.4) is 0 Å². The Balaban J connectivity index is 1.64. The molecule has 0 bridgehead atoms. The van der Waals surface area contributed by atoms with Crippen molar-refractivity contribution in [3.63, 3.8) is 0 Å². The van der Waals surface area contributed by atoms with E-state index < -0.39 is 5.82 Å². The molecule has 7 nitrogen and oxygen atoms in total. The standard InChI is InChI=1S/C18H20ClFN4O3/c1-11-13(17(26)23-18(21-11)24-6-8-27-9-7-24)3-5-16(25)22-12-2-4-15(20)14(19)10-12/h2,4,10H,3,5-9H2,1H3,(H,22,25)(H,21,23,26). The zero-order valence-electron chi connectivity index (χ0n) is 14.8. The lowest BCUT2D eigenvalue weighted by atomic mass is 10.1. The van der Waals surface area contributed by atoms with Gasteiger partial charge in [-0.3, -0.25) is 14.6 Å². The van der Waals surface area contributed by atoms with Crippen LogP contribution in [0.25, 0.3) is 0 Å². The van der Waals surface area contributed by atoms with Crippen LogP contribution in [0.1, 0.15) is 17.7 Å². The van der Waals surface area contributed by atoms with Gasteiger partial charge in [0.2, 0.25) is 11.9 Å². The quantitative estimate of drug-likeness (QED) is 0.812. The van der Waals surface area contributed by atoms with Crippen LogP contribution in [-0.4, -0.2) is 42.2 Å². The highest BCUT2D eigenvalue weighted by Gasteiger charge is 2.17. The molecule has 0 saturated carbocycles. The SMILES string of the molecule is Cc1nc(N2CCOCC2)[nH]c(=O)c1CCC(=O)Nc1ccc(F)c(Cl)c1. The molecule has 27 heavy (non-hydrogen) atoms. The molecule has 0 atom stereocenters. The van der Waals surface area contributed by atoms with Crippen LogP contribution >= 0.6 is 11.6 Å². The van der Waals surface area contributed by atoms with Crippen molar-refractivity contribution >= 4 is 29.1 Å². The highest BCUT2D eigenvalue weighted by Crippen LogP contribution is 2.19. The van der Waals surface area contributed by atoms with E-state index in [-0.39, 0.29) is 29.3 Å². The Morgan fingerprint density at radius 1 is 1.41 bits per heavy atom. The predicted octanol–water partition coefficient (Wildman–Crippen LogP) is 2.28. The van der Waals surface area contributed by atoms with Crippen molar-refractivity contribution in [2.24, 2.45) is 0 Å². The number of H-pyrrole nitrogens is 1. The van der Waals surface area contributed by atoms with Crippen LogP contribution in [0.5, 0.6) is 0 Å². The molecular formula is C18H20ClFN4O3. The van der Waals surface area contributed by atoms with E-state index in [1.54, 1.807) is 6.92 Å². The van der Waals surface area contributed by atoms with Crippen molar-refractivity contribution in [3.8, 4) is 0 Å². The molecule has 9 heteroatoms. The zero-order chi connectivity index (χ0) is 19.4. The van der Waals surface area contributed by atoms with Gasteiger partial charge in [-0.25, -0.2) is 9.37 Å². The maximum Gasteiger partial charge on any atom is 0.255 e. The summed E-state index contributed by atoms with van der Waals surface area (Å²) in [6, 6.07) is 3.95. The Hall–Kier alpha value is -2.45. The van der Waals surface area contributed by atoms with Crippen molar-refractivity contribution < 1.29 is 13.9 Å². The third-order valence-corrected chi connectivity index (χ3v) is 4.62. The molecule has 1 aliphatic heterocycles. The van der Waals surface area contributed by atoms with Gasteiger partial charge in [0.05, 0.1) is 18.2 Å². The number of anilines is 2. The Bertz CT molecular complexity index is 897. The summed E-state index contributed by atoms with van der Waals surface area (Å²) < 4.78 is 18.5. The minimum absolute atomic E-state index is 0.0667. The first kappa shape index (κ1) is 19.3. The van der Waals surface area contributed by atoms with Crippen LogP contribution in [0, 0.1) is 12.7 Å². The minimum Gasteiger partial charge on any atom is -0.378 e. The number of aryl methyl sites for hydroxylation is 1. The number of morpholine rings is 1. The molecule has 1 aliphatic rings. The molecule has 1 amide bonds. The summed E-state index contributed by atoms with van der Waals surface area (Å²) in [7, 11) is 0. The van der Waals surface area contributed by atoms with E-state index in [9.17, 15) is 14.0 Å². The summed E-state index contributed by atoms with van der Waals surface area (Å²) in [6.07, 6.45) is 0.343. The molecule has 0 unspecified atom stereocenters. The van der Waals surface area contributed by atoms with Crippen LogP contribution < -0.4 is 15.8 Å². The number of aromatic nitrogens is 2. The molecule has 0 aliphatic carbocycles. The first-order chi connectivity index (χ1) is 12.9. The lowest BCUT2D eigenvalue weighted by Crippen LogP contribution is -2.38. The van der Waals surface area contributed by atoms with E-state index in [0.717, 1.165) is 0 Å². The van der Waals surface area contributed by atoms with E-state index >= 15 is 0 Å². The molecule has 3 rings (SSSR count). The highest BCUT2D eigenvalue weighted by molar-refractivity contribution is 6.31. The summed E-state index contributed by atoms with van der Waals surface area (Å²) in [4.78, 5) is 33.7. The average molecular weight is 395 g/mol. The van der Waals surface area contributed by atoms with Gasteiger partial charge >= 0.3 is 0 Å². The fourth-order valence-corrected chi connectivity index (χ4v) is 3.03. The Kier molecular flexibility index (Phi) is 6.08. The lowest BCUT2D eigenvalue weighted by Gasteiger charge is -2.27. The minimum atomic E-state index is -0.553. The van der Waals surface area contributed by atoms with Gasteiger partial charge in [-0.05, 0) is 31.5 Å². The van der Waals surface area contributed by atoms with Gasteiger partial charge in [0.15, 0.2) is 0 Å². The normalized spacial score (nSPS) is 14.3. The fourth-order valence-electron chi connectivity index (χ4n) is 2.85. The predicted molar refractivity (Wildman–Crippen MR) is 101 cm³/mol. The second-order valence-electron chi connectivity index (χ2n) is 6.23. The third kappa shape index (κ3) is 4.84. The number of carbonyl (C=O) groups is 1. The number of carbonyl (C=O) groups excluding carboxylic acids is 1. The number of ether oxygens (including phenoxy) is 1. The molecule has 2 N–H and O–H groups in total. The molecule has 0 spiro atoms. The third-order valence-electron chi connectivity index (χ3n) is 4.33. The molecule has 1 fully saturated rings. The number of hydrogen-bond acceptors (Lipinski definition) is 5. The van der Waals surface area contributed by atoms with Crippen molar-refractivity contribution in [2.45, 2.75) is 19.8 Å². The van der Waals surface area contributed by atoms with Crippen molar-refractivity contribution in [1.29, 1.82) is 0 Å². The first-order valence-electron chi connectivity index (χ1n) is 8.61. The number of benzene rings is 1. The summed E-state index contributed by atoms with van der Waals surface area (Å²) in [5.41, 5.74) is 1.22. The van der Waals surface area contributed by atoms with E-state index in [0.29, 0.717) is 49.2 Å². The van der Waals surface area contributed by atoms with E-state index in [4.69, 9.17) is 16.3 Å². The van der Waals surface area contributed by atoms with E-state index in [1.807, 2.05) is 4.90 Å².